The summed E-state index contributed by atoms with van der Waals surface area (Å²) in [5.74, 6) is 1.60. The highest BCUT2D eigenvalue weighted by Crippen LogP contribution is 2.43. The van der Waals surface area contributed by atoms with Gasteiger partial charge in [0.25, 0.3) is 0 Å². The highest BCUT2D eigenvalue weighted by molar-refractivity contribution is 14.0. The number of hydrogen-bond acceptors (Lipinski definition) is 2. The smallest absolute Gasteiger partial charge is 0.193 e. The SMILES string of the molecule is CN=C(NCC1CCCOC1c1ccccc1)N1CCC2(CCCCC2)C1.I. The van der Waals surface area contributed by atoms with E-state index < -0.39 is 0 Å². The molecule has 1 aliphatic carbocycles. The summed E-state index contributed by atoms with van der Waals surface area (Å²) in [5.41, 5.74) is 1.87. The predicted octanol–water partition coefficient (Wildman–Crippen LogP) is 5.00. The molecule has 0 aromatic heterocycles. The van der Waals surface area contributed by atoms with E-state index in [-0.39, 0.29) is 30.1 Å². The zero-order chi connectivity index (χ0) is 18.5. The summed E-state index contributed by atoms with van der Waals surface area (Å²) < 4.78 is 6.16. The van der Waals surface area contributed by atoms with E-state index >= 15 is 0 Å². The lowest BCUT2D eigenvalue weighted by molar-refractivity contribution is -0.0266. The average Bonchev–Trinajstić information content (AvgIpc) is 3.13. The van der Waals surface area contributed by atoms with Gasteiger partial charge in [0.15, 0.2) is 5.96 Å². The van der Waals surface area contributed by atoms with E-state index in [1.807, 2.05) is 7.05 Å². The van der Waals surface area contributed by atoms with E-state index in [2.05, 4.69) is 45.5 Å². The van der Waals surface area contributed by atoms with E-state index in [4.69, 9.17) is 4.74 Å². The molecule has 28 heavy (non-hydrogen) atoms. The third kappa shape index (κ3) is 5.02. The summed E-state index contributed by atoms with van der Waals surface area (Å²) in [7, 11) is 1.93. The van der Waals surface area contributed by atoms with Crippen LogP contribution in [0.1, 0.15) is 63.0 Å². The van der Waals surface area contributed by atoms with Gasteiger partial charge in [-0.2, -0.15) is 0 Å². The van der Waals surface area contributed by atoms with Crippen molar-refractivity contribution in [2.45, 2.75) is 57.5 Å². The van der Waals surface area contributed by atoms with Crippen LogP contribution in [0.5, 0.6) is 0 Å². The number of likely N-dealkylation sites (tertiary alicyclic amines) is 1. The Morgan fingerprint density at radius 2 is 1.93 bits per heavy atom. The largest absolute Gasteiger partial charge is 0.373 e. The van der Waals surface area contributed by atoms with Crippen LogP contribution >= 0.6 is 24.0 Å². The number of benzene rings is 1. The van der Waals surface area contributed by atoms with E-state index in [1.54, 1.807) is 0 Å². The first-order chi connectivity index (χ1) is 13.3. The van der Waals surface area contributed by atoms with Crippen LogP contribution in [0.25, 0.3) is 0 Å². The van der Waals surface area contributed by atoms with Crippen LogP contribution in [0.2, 0.25) is 0 Å². The molecule has 2 atom stereocenters. The van der Waals surface area contributed by atoms with Crippen LogP contribution in [0.3, 0.4) is 0 Å². The highest BCUT2D eigenvalue weighted by Gasteiger charge is 2.40. The molecule has 0 radical (unpaired) electrons. The van der Waals surface area contributed by atoms with Gasteiger partial charge in [-0.05, 0) is 43.1 Å². The maximum atomic E-state index is 6.16. The van der Waals surface area contributed by atoms with E-state index in [1.165, 1.54) is 57.1 Å². The number of nitrogens with one attached hydrogen (secondary N) is 1. The molecular formula is C23H36IN3O. The Balaban J connectivity index is 0.00000225. The number of hydrogen-bond donors (Lipinski definition) is 1. The van der Waals surface area contributed by atoms with E-state index in [0.29, 0.717) is 11.3 Å². The van der Waals surface area contributed by atoms with Crippen molar-refractivity contribution in [1.82, 2.24) is 10.2 Å². The monoisotopic (exact) mass is 497 g/mol. The number of nitrogens with zero attached hydrogens (tertiary/aromatic N) is 2. The fourth-order valence-corrected chi connectivity index (χ4v) is 5.44. The minimum absolute atomic E-state index is 0. The number of aliphatic imine (C=N–C) groups is 1. The van der Waals surface area contributed by atoms with Crippen molar-refractivity contribution in [2.75, 3.05) is 33.3 Å². The van der Waals surface area contributed by atoms with Crippen LogP contribution < -0.4 is 5.32 Å². The van der Waals surface area contributed by atoms with Gasteiger partial charge in [-0.15, -0.1) is 24.0 Å². The van der Waals surface area contributed by atoms with Crippen LogP contribution in [0, 0.1) is 11.3 Å². The van der Waals surface area contributed by atoms with E-state index in [9.17, 15) is 0 Å². The van der Waals surface area contributed by atoms with Crippen molar-refractivity contribution >= 4 is 29.9 Å². The molecule has 4 rings (SSSR count). The fraction of sp³-hybridized carbons (Fsp3) is 0.696. The Morgan fingerprint density at radius 3 is 2.68 bits per heavy atom. The maximum Gasteiger partial charge on any atom is 0.193 e. The Morgan fingerprint density at radius 1 is 1.14 bits per heavy atom. The molecule has 4 nitrogen and oxygen atoms in total. The molecule has 3 fully saturated rings. The topological polar surface area (TPSA) is 36.9 Å². The average molecular weight is 497 g/mol. The molecule has 0 amide bonds. The van der Waals surface area contributed by atoms with Gasteiger partial charge in [0.05, 0.1) is 6.10 Å². The number of guanidine groups is 1. The van der Waals surface area contributed by atoms with Gasteiger partial charge < -0.3 is 15.0 Å². The third-order valence-corrected chi connectivity index (χ3v) is 6.96. The van der Waals surface area contributed by atoms with Crippen LogP contribution in [0.4, 0.5) is 0 Å². The summed E-state index contributed by atoms with van der Waals surface area (Å²) in [6.07, 6.45) is 11.0. The van der Waals surface area contributed by atoms with Crippen molar-refractivity contribution in [3.63, 3.8) is 0 Å². The van der Waals surface area contributed by atoms with Gasteiger partial charge in [0.2, 0.25) is 0 Å². The molecule has 1 N–H and O–H groups in total. The number of rotatable bonds is 3. The summed E-state index contributed by atoms with van der Waals surface area (Å²) in [6, 6.07) is 10.7. The second-order valence-electron chi connectivity index (χ2n) is 8.76. The fourth-order valence-electron chi connectivity index (χ4n) is 5.44. The highest BCUT2D eigenvalue weighted by atomic mass is 127. The molecule has 3 aliphatic rings. The van der Waals surface area contributed by atoms with Gasteiger partial charge in [0.1, 0.15) is 0 Å². The molecule has 1 saturated carbocycles. The number of halogens is 1. The Bertz CT molecular complexity index is 630. The second kappa shape index (κ2) is 10.3. The normalized spacial score (nSPS) is 27.5. The van der Waals surface area contributed by atoms with Gasteiger partial charge >= 0.3 is 0 Å². The Labute approximate surface area is 187 Å². The summed E-state index contributed by atoms with van der Waals surface area (Å²) in [5, 5.41) is 3.70. The number of ether oxygens (including phenoxy) is 1. The lowest BCUT2D eigenvalue weighted by atomic mass is 9.73. The lowest BCUT2D eigenvalue weighted by Crippen LogP contribution is -2.44. The molecule has 156 valence electrons. The molecule has 2 heterocycles. The summed E-state index contributed by atoms with van der Waals surface area (Å²) in [4.78, 5) is 7.13. The molecular weight excluding hydrogens is 461 g/mol. The van der Waals surface area contributed by atoms with Crippen molar-refractivity contribution in [2.24, 2.45) is 16.3 Å². The molecule has 1 aromatic rings. The predicted molar refractivity (Wildman–Crippen MR) is 126 cm³/mol. The molecule has 2 aliphatic heterocycles. The van der Waals surface area contributed by atoms with Crippen molar-refractivity contribution in [3.8, 4) is 0 Å². The molecule has 1 aromatic carbocycles. The van der Waals surface area contributed by atoms with Crippen LogP contribution in [-0.2, 0) is 4.74 Å². The van der Waals surface area contributed by atoms with Gasteiger partial charge in [-0.1, -0.05) is 49.6 Å². The standard InChI is InChI=1S/C23H35N3O.HI/c1-24-22(26-15-14-23(18-26)12-6-3-7-13-23)25-17-20-11-8-16-27-21(20)19-9-4-2-5-10-19;/h2,4-5,9-10,20-21H,3,6-8,11-18H2,1H3,(H,24,25);1H. The first-order valence-corrected chi connectivity index (χ1v) is 10.9. The van der Waals surface area contributed by atoms with Gasteiger partial charge in [-0.25, -0.2) is 0 Å². The molecule has 1 spiro atoms. The van der Waals surface area contributed by atoms with Gasteiger partial charge in [-0.3, -0.25) is 4.99 Å². The quantitative estimate of drug-likeness (QED) is 0.363. The van der Waals surface area contributed by atoms with E-state index in [0.717, 1.165) is 32.1 Å². The summed E-state index contributed by atoms with van der Waals surface area (Å²) >= 11 is 0. The minimum atomic E-state index is 0. The van der Waals surface area contributed by atoms with Gasteiger partial charge in [0, 0.05) is 39.2 Å². The lowest BCUT2D eigenvalue weighted by Gasteiger charge is -2.35. The van der Waals surface area contributed by atoms with Crippen molar-refractivity contribution in [3.05, 3.63) is 35.9 Å². The maximum absolute atomic E-state index is 6.16. The zero-order valence-electron chi connectivity index (χ0n) is 17.2. The first-order valence-electron chi connectivity index (χ1n) is 10.9. The summed E-state index contributed by atoms with van der Waals surface area (Å²) in [6.45, 7) is 4.16. The third-order valence-electron chi connectivity index (χ3n) is 6.96. The van der Waals surface area contributed by atoms with Crippen LogP contribution in [0.15, 0.2) is 35.3 Å². The molecule has 0 bridgehead atoms. The molecule has 5 heteroatoms. The Kier molecular flexibility index (Phi) is 8.03. The molecule has 2 unspecified atom stereocenters. The van der Waals surface area contributed by atoms with Crippen molar-refractivity contribution in [1.29, 1.82) is 0 Å². The first kappa shape index (κ1) is 21.9. The van der Waals surface area contributed by atoms with Crippen molar-refractivity contribution < 1.29 is 4.74 Å². The zero-order valence-corrected chi connectivity index (χ0v) is 19.6. The minimum Gasteiger partial charge on any atom is -0.373 e. The second-order valence-corrected chi connectivity index (χ2v) is 8.76. The molecule has 2 saturated heterocycles. The van der Waals surface area contributed by atoms with Crippen LogP contribution in [-0.4, -0.2) is 44.1 Å². The Hall–Kier alpha value is -0.820.